The number of carbonyl (C=O) groups is 1. The molecule has 0 aliphatic rings. The van der Waals surface area contributed by atoms with E-state index >= 15 is 0 Å². The van der Waals surface area contributed by atoms with Crippen LogP contribution in [0.3, 0.4) is 0 Å². The zero-order valence-corrected chi connectivity index (χ0v) is 12.6. The summed E-state index contributed by atoms with van der Waals surface area (Å²) >= 11 is 0. The Kier molecular flexibility index (Phi) is 13.4. The highest BCUT2D eigenvalue weighted by molar-refractivity contribution is 5.72. The summed E-state index contributed by atoms with van der Waals surface area (Å²) in [5.74, 6) is -0.886. The predicted molar refractivity (Wildman–Crippen MR) is 78.0 cm³/mol. The Hall–Kier alpha value is -0.610. The first-order valence-corrected chi connectivity index (χ1v) is 7.78. The summed E-state index contributed by atoms with van der Waals surface area (Å²) in [6.45, 7) is 4.41. The number of aliphatic carboxylic acids is 1. The van der Waals surface area contributed by atoms with Crippen molar-refractivity contribution in [2.24, 2.45) is 0 Å². The molecule has 0 spiro atoms. The van der Waals surface area contributed by atoms with Crippen molar-refractivity contribution in [3.05, 3.63) is 0 Å². The molecule has 0 saturated heterocycles. The van der Waals surface area contributed by atoms with E-state index in [0.717, 1.165) is 12.8 Å². The average molecular weight is 273 g/mol. The molecule has 0 aromatic carbocycles. The van der Waals surface area contributed by atoms with Gasteiger partial charge in [-0.15, -0.1) is 0 Å². The number of hydrogen-bond donors (Lipinski definition) is 2. The molecule has 1 atom stereocenters. The standard InChI is InChI=1S/C15H31NO3/c1-3-4-5-6-7-8-9-10-11-12-13-19-16-14(2)15(17)18/h14,16H,3-13H2,1-2H3,(H,17,18)/t14-/m0/s1. The van der Waals surface area contributed by atoms with E-state index in [2.05, 4.69) is 12.4 Å². The van der Waals surface area contributed by atoms with Crippen LogP contribution in [0.1, 0.15) is 78.1 Å². The number of carboxylic acids is 1. The smallest absolute Gasteiger partial charge is 0.322 e. The maximum absolute atomic E-state index is 10.5. The number of carboxylic acid groups (broad SMARTS) is 1. The molecule has 0 fully saturated rings. The molecule has 0 heterocycles. The van der Waals surface area contributed by atoms with Crippen molar-refractivity contribution in [3.63, 3.8) is 0 Å². The van der Waals surface area contributed by atoms with Crippen LogP contribution < -0.4 is 5.48 Å². The SMILES string of the molecule is CCCCCCCCCCCCON[C@@H](C)C(=O)O. The van der Waals surface area contributed by atoms with Crippen molar-refractivity contribution in [1.29, 1.82) is 0 Å². The number of hydrogen-bond acceptors (Lipinski definition) is 3. The Balaban J connectivity index is 3.05. The van der Waals surface area contributed by atoms with Crippen LogP contribution in [0.4, 0.5) is 0 Å². The molecule has 0 aromatic heterocycles. The summed E-state index contributed by atoms with van der Waals surface area (Å²) < 4.78 is 0. The molecule has 0 aromatic rings. The van der Waals surface area contributed by atoms with Gasteiger partial charge in [0.1, 0.15) is 6.04 Å². The highest BCUT2D eigenvalue weighted by Crippen LogP contribution is 2.10. The van der Waals surface area contributed by atoms with Crippen molar-refractivity contribution in [1.82, 2.24) is 5.48 Å². The van der Waals surface area contributed by atoms with Crippen LogP contribution in [0.15, 0.2) is 0 Å². The molecule has 2 N–H and O–H groups in total. The lowest BCUT2D eigenvalue weighted by molar-refractivity contribution is -0.143. The van der Waals surface area contributed by atoms with Crippen LogP contribution in [0, 0.1) is 0 Å². The van der Waals surface area contributed by atoms with Gasteiger partial charge in [-0.05, 0) is 13.3 Å². The Bertz CT molecular complexity index is 210. The molecule has 0 radical (unpaired) electrons. The molecule has 0 amide bonds. The third-order valence-electron chi connectivity index (χ3n) is 3.23. The highest BCUT2D eigenvalue weighted by Gasteiger charge is 2.08. The van der Waals surface area contributed by atoms with Crippen LogP contribution >= 0.6 is 0 Å². The van der Waals surface area contributed by atoms with Gasteiger partial charge in [-0.1, -0.05) is 64.7 Å². The fraction of sp³-hybridized carbons (Fsp3) is 0.933. The van der Waals surface area contributed by atoms with Gasteiger partial charge in [0, 0.05) is 0 Å². The Labute approximate surface area is 117 Å². The normalized spacial score (nSPS) is 12.5. The van der Waals surface area contributed by atoms with Gasteiger partial charge in [0.25, 0.3) is 0 Å². The van der Waals surface area contributed by atoms with Crippen LogP contribution in [0.25, 0.3) is 0 Å². The van der Waals surface area contributed by atoms with Crippen LogP contribution in [-0.4, -0.2) is 23.7 Å². The lowest BCUT2D eigenvalue weighted by atomic mass is 10.1. The maximum atomic E-state index is 10.5. The summed E-state index contributed by atoms with van der Waals surface area (Å²) in [6.07, 6.45) is 12.9. The molecule has 19 heavy (non-hydrogen) atoms. The van der Waals surface area contributed by atoms with E-state index in [1.165, 1.54) is 51.4 Å². The number of rotatable bonds is 14. The second-order valence-electron chi connectivity index (χ2n) is 5.21. The maximum Gasteiger partial charge on any atom is 0.322 e. The van der Waals surface area contributed by atoms with Gasteiger partial charge >= 0.3 is 5.97 Å². The molecule has 0 aliphatic carbocycles. The summed E-state index contributed by atoms with van der Waals surface area (Å²) in [7, 11) is 0. The van der Waals surface area contributed by atoms with Crippen molar-refractivity contribution in [2.45, 2.75) is 84.1 Å². The quantitative estimate of drug-likeness (QED) is 0.372. The van der Waals surface area contributed by atoms with Gasteiger partial charge in [0.05, 0.1) is 6.61 Å². The van der Waals surface area contributed by atoms with E-state index < -0.39 is 12.0 Å². The molecule has 4 nitrogen and oxygen atoms in total. The van der Waals surface area contributed by atoms with E-state index in [4.69, 9.17) is 9.94 Å². The summed E-state index contributed by atoms with van der Waals surface area (Å²) in [6, 6.07) is -0.636. The van der Waals surface area contributed by atoms with Gasteiger partial charge in [0.15, 0.2) is 0 Å². The molecule has 0 saturated carbocycles. The summed E-state index contributed by atoms with van der Waals surface area (Å²) in [5, 5.41) is 8.62. The first-order chi connectivity index (χ1) is 9.18. The number of nitrogens with one attached hydrogen (secondary N) is 1. The van der Waals surface area contributed by atoms with Crippen LogP contribution in [0.5, 0.6) is 0 Å². The Morgan fingerprint density at radius 1 is 1.00 bits per heavy atom. The minimum absolute atomic E-state index is 0.591. The Morgan fingerprint density at radius 2 is 1.47 bits per heavy atom. The van der Waals surface area contributed by atoms with Gasteiger partial charge in [-0.2, -0.15) is 5.48 Å². The number of unbranched alkanes of at least 4 members (excludes halogenated alkanes) is 9. The van der Waals surface area contributed by atoms with Gasteiger partial charge in [-0.3, -0.25) is 4.79 Å². The minimum atomic E-state index is -0.886. The molecular weight excluding hydrogens is 242 g/mol. The topological polar surface area (TPSA) is 58.6 Å². The van der Waals surface area contributed by atoms with E-state index in [1.54, 1.807) is 6.92 Å². The molecule has 114 valence electrons. The van der Waals surface area contributed by atoms with E-state index in [1.807, 2.05) is 0 Å². The molecular formula is C15H31NO3. The van der Waals surface area contributed by atoms with Crippen molar-refractivity contribution in [3.8, 4) is 0 Å². The van der Waals surface area contributed by atoms with Crippen LogP contribution in [-0.2, 0) is 9.63 Å². The van der Waals surface area contributed by atoms with E-state index in [9.17, 15) is 4.79 Å². The first-order valence-electron chi connectivity index (χ1n) is 7.78. The fourth-order valence-corrected chi connectivity index (χ4v) is 1.90. The minimum Gasteiger partial charge on any atom is -0.480 e. The molecule has 0 aliphatic heterocycles. The summed E-state index contributed by atoms with van der Waals surface area (Å²) in [5.41, 5.74) is 2.51. The molecule has 0 bridgehead atoms. The van der Waals surface area contributed by atoms with E-state index in [0.29, 0.717) is 6.61 Å². The van der Waals surface area contributed by atoms with Crippen molar-refractivity contribution >= 4 is 5.97 Å². The fourth-order valence-electron chi connectivity index (χ4n) is 1.90. The monoisotopic (exact) mass is 273 g/mol. The second kappa shape index (κ2) is 13.8. The second-order valence-corrected chi connectivity index (χ2v) is 5.21. The number of hydroxylamine groups is 1. The third-order valence-corrected chi connectivity index (χ3v) is 3.23. The lowest BCUT2D eigenvalue weighted by Gasteiger charge is -2.09. The molecule has 0 rings (SSSR count). The van der Waals surface area contributed by atoms with Crippen LogP contribution in [0.2, 0.25) is 0 Å². The zero-order valence-electron chi connectivity index (χ0n) is 12.6. The summed E-state index contributed by atoms with van der Waals surface area (Å²) in [4.78, 5) is 15.6. The zero-order chi connectivity index (χ0) is 14.3. The lowest BCUT2D eigenvalue weighted by Crippen LogP contribution is -2.33. The van der Waals surface area contributed by atoms with Crippen molar-refractivity contribution < 1.29 is 14.7 Å². The van der Waals surface area contributed by atoms with Gasteiger partial charge in [0.2, 0.25) is 0 Å². The third kappa shape index (κ3) is 13.6. The first kappa shape index (κ1) is 18.4. The molecule has 0 unspecified atom stereocenters. The van der Waals surface area contributed by atoms with Gasteiger partial charge < -0.3 is 9.94 Å². The Morgan fingerprint density at radius 3 is 1.95 bits per heavy atom. The van der Waals surface area contributed by atoms with E-state index in [-0.39, 0.29) is 0 Å². The van der Waals surface area contributed by atoms with Crippen molar-refractivity contribution in [2.75, 3.05) is 6.61 Å². The van der Waals surface area contributed by atoms with Gasteiger partial charge in [-0.25, -0.2) is 0 Å². The largest absolute Gasteiger partial charge is 0.480 e. The highest BCUT2D eigenvalue weighted by atomic mass is 16.6. The average Bonchev–Trinajstić information content (AvgIpc) is 2.39. The molecule has 4 heteroatoms. The predicted octanol–water partition coefficient (Wildman–Crippen LogP) is 3.90.